The molecule has 0 spiro atoms. The van der Waals surface area contributed by atoms with Gasteiger partial charge in [0.25, 0.3) is 0 Å². The van der Waals surface area contributed by atoms with E-state index in [0.29, 0.717) is 0 Å². The van der Waals surface area contributed by atoms with Crippen molar-refractivity contribution in [3.8, 4) is 0 Å². The van der Waals surface area contributed by atoms with Crippen molar-refractivity contribution in [1.82, 2.24) is 0 Å². The molecule has 0 saturated heterocycles. The van der Waals surface area contributed by atoms with E-state index in [1.54, 1.807) is 0 Å². The number of aryl methyl sites for hydroxylation is 2. The van der Waals surface area contributed by atoms with Crippen LogP contribution in [0.4, 0.5) is 0 Å². The van der Waals surface area contributed by atoms with Crippen LogP contribution in [0.15, 0.2) is 22.7 Å². The molecule has 1 rings (SSSR count). The van der Waals surface area contributed by atoms with Crippen molar-refractivity contribution in [2.45, 2.75) is 26.2 Å². The highest BCUT2D eigenvalue weighted by Crippen LogP contribution is 2.19. The first-order valence-corrected chi connectivity index (χ1v) is 6.52. The molecule has 0 N–H and O–H groups in total. The molecule has 13 heavy (non-hydrogen) atoms. The van der Waals surface area contributed by atoms with E-state index in [-0.39, 0.29) is 0 Å². The van der Waals surface area contributed by atoms with Crippen LogP contribution in [-0.4, -0.2) is 5.33 Å². The molecular formula is C11H14Br2. The first-order valence-electron chi connectivity index (χ1n) is 4.61. The van der Waals surface area contributed by atoms with Crippen LogP contribution in [0.1, 0.15) is 24.5 Å². The lowest BCUT2D eigenvalue weighted by molar-refractivity contribution is 0.935. The maximum Gasteiger partial charge on any atom is 0.0209 e. The monoisotopic (exact) mass is 304 g/mol. The Morgan fingerprint density at radius 1 is 1.31 bits per heavy atom. The summed E-state index contributed by atoms with van der Waals surface area (Å²) in [6.07, 6.45) is 3.46. The lowest BCUT2D eigenvalue weighted by Gasteiger charge is -2.04. The molecule has 0 bridgehead atoms. The maximum atomic E-state index is 3.59. The minimum Gasteiger partial charge on any atom is -0.0928 e. The van der Waals surface area contributed by atoms with Crippen LogP contribution in [-0.2, 0) is 12.8 Å². The zero-order chi connectivity index (χ0) is 9.68. The molecular weight excluding hydrogens is 292 g/mol. The summed E-state index contributed by atoms with van der Waals surface area (Å²) in [4.78, 5) is 0. The molecule has 0 fully saturated rings. The van der Waals surface area contributed by atoms with E-state index in [2.05, 4.69) is 57.0 Å². The van der Waals surface area contributed by atoms with Gasteiger partial charge in [0.15, 0.2) is 0 Å². The van der Waals surface area contributed by atoms with Crippen LogP contribution in [0.2, 0.25) is 0 Å². The zero-order valence-corrected chi connectivity index (χ0v) is 11.0. The highest BCUT2D eigenvalue weighted by molar-refractivity contribution is 9.10. The molecule has 0 atom stereocenters. The molecule has 0 aliphatic carbocycles. The van der Waals surface area contributed by atoms with E-state index in [0.717, 1.165) is 18.2 Å². The molecule has 72 valence electrons. The fraction of sp³-hybridized carbons (Fsp3) is 0.455. The minimum atomic E-state index is 1.08. The van der Waals surface area contributed by atoms with Crippen molar-refractivity contribution in [3.63, 3.8) is 0 Å². The molecule has 0 aliphatic heterocycles. The summed E-state index contributed by atoms with van der Waals surface area (Å²) in [7, 11) is 0. The van der Waals surface area contributed by atoms with Crippen molar-refractivity contribution >= 4 is 31.9 Å². The van der Waals surface area contributed by atoms with Crippen LogP contribution in [0.3, 0.4) is 0 Å². The predicted molar refractivity (Wildman–Crippen MR) is 65.6 cm³/mol. The van der Waals surface area contributed by atoms with Crippen LogP contribution < -0.4 is 0 Å². The second kappa shape index (κ2) is 5.82. The van der Waals surface area contributed by atoms with Crippen LogP contribution in [0.25, 0.3) is 0 Å². The maximum absolute atomic E-state index is 3.59. The van der Waals surface area contributed by atoms with Gasteiger partial charge in [-0.1, -0.05) is 50.9 Å². The lowest BCUT2D eigenvalue weighted by Crippen LogP contribution is -1.89. The number of rotatable bonds is 4. The number of halogens is 2. The van der Waals surface area contributed by atoms with Gasteiger partial charge in [0.1, 0.15) is 0 Å². The summed E-state index contributed by atoms with van der Waals surface area (Å²) in [5.41, 5.74) is 2.81. The third kappa shape index (κ3) is 3.43. The molecule has 1 aromatic carbocycles. The van der Waals surface area contributed by atoms with E-state index in [1.165, 1.54) is 22.0 Å². The molecule has 0 aliphatic rings. The van der Waals surface area contributed by atoms with Crippen LogP contribution in [0, 0.1) is 0 Å². The van der Waals surface area contributed by atoms with Gasteiger partial charge in [0, 0.05) is 9.80 Å². The van der Waals surface area contributed by atoms with Gasteiger partial charge in [-0.2, -0.15) is 0 Å². The van der Waals surface area contributed by atoms with Gasteiger partial charge >= 0.3 is 0 Å². The molecule has 0 amide bonds. The normalized spacial score (nSPS) is 10.4. The number of hydrogen-bond acceptors (Lipinski definition) is 0. The summed E-state index contributed by atoms with van der Waals surface area (Å²) < 4.78 is 1.25. The van der Waals surface area contributed by atoms with Crippen molar-refractivity contribution in [1.29, 1.82) is 0 Å². The number of hydrogen-bond donors (Lipinski definition) is 0. The Bertz CT molecular complexity index is 269. The fourth-order valence-electron chi connectivity index (χ4n) is 1.30. The van der Waals surface area contributed by atoms with Crippen molar-refractivity contribution in [3.05, 3.63) is 33.8 Å². The number of alkyl halides is 1. The Morgan fingerprint density at radius 2 is 2.08 bits per heavy atom. The van der Waals surface area contributed by atoms with Crippen LogP contribution >= 0.6 is 31.9 Å². The summed E-state index contributed by atoms with van der Waals surface area (Å²) in [5, 5.41) is 1.08. The topological polar surface area (TPSA) is 0 Å². The molecule has 0 saturated carbocycles. The van der Waals surface area contributed by atoms with Gasteiger partial charge in [0.05, 0.1) is 0 Å². The van der Waals surface area contributed by atoms with Gasteiger partial charge < -0.3 is 0 Å². The zero-order valence-electron chi connectivity index (χ0n) is 7.82. The third-order valence-electron chi connectivity index (χ3n) is 2.10. The van der Waals surface area contributed by atoms with Gasteiger partial charge in [-0.3, -0.25) is 0 Å². The summed E-state index contributed by atoms with van der Waals surface area (Å²) >= 11 is 7.03. The average Bonchev–Trinajstić information content (AvgIpc) is 2.15. The molecule has 0 unspecified atom stereocenters. The van der Waals surface area contributed by atoms with Gasteiger partial charge in [-0.05, 0) is 36.5 Å². The van der Waals surface area contributed by atoms with Gasteiger partial charge in [-0.15, -0.1) is 0 Å². The van der Waals surface area contributed by atoms with Gasteiger partial charge in [-0.25, -0.2) is 0 Å². The average molecular weight is 306 g/mol. The molecule has 0 nitrogen and oxygen atoms in total. The third-order valence-corrected chi connectivity index (χ3v) is 3.40. The first-order chi connectivity index (χ1) is 6.27. The highest BCUT2D eigenvalue weighted by atomic mass is 79.9. The van der Waals surface area contributed by atoms with Crippen molar-refractivity contribution in [2.24, 2.45) is 0 Å². The fourth-order valence-corrected chi connectivity index (χ4v) is 2.29. The summed E-state index contributed by atoms with van der Waals surface area (Å²) in [6.45, 7) is 2.18. The Labute approximate surface area is 97.0 Å². The van der Waals surface area contributed by atoms with Crippen molar-refractivity contribution < 1.29 is 0 Å². The molecule has 0 aromatic heterocycles. The Balaban J connectivity index is 2.71. The van der Waals surface area contributed by atoms with E-state index in [4.69, 9.17) is 0 Å². The summed E-state index contributed by atoms with van der Waals surface area (Å²) in [6, 6.07) is 6.68. The quantitative estimate of drug-likeness (QED) is 0.726. The van der Waals surface area contributed by atoms with E-state index < -0.39 is 0 Å². The first kappa shape index (κ1) is 11.3. The second-order valence-corrected chi connectivity index (χ2v) is 4.72. The SMILES string of the molecule is CCc1ccc(CCCBr)cc1Br. The molecule has 1 aromatic rings. The minimum absolute atomic E-state index is 1.08. The largest absolute Gasteiger partial charge is 0.0928 e. The standard InChI is InChI=1S/C11H14Br2/c1-2-10-6-5-9(4-3-7-12)8-11(10)13/h5-6,8H,2-4,7H2,1H3. The second-order valence-electron chi connectivity index (χ2n) is 3.07. The molecule has 0 heterocycles. The van der Waals surface area contributed by atoms with Crippen LogP contribution in [0.5, 0.6) is 0 Å². The summed E-state index contributed by atoms with van der Waals surface area (Å²) in [5.74, 6) is 0. The van der Waals surface area contributed by atoms with Gasteiger partial charge in [0.2, 0.25) is 0 Å². The Hall–Kier alpha value is 0.180. The Morgan fingerprint density at radius 3 is 2.62 bits per heavy atom. The van der Waals surface area contributed by atoms with Crippen molar-refractivity contribution in [2.75, 3.05) is 5.33 Å². The molecule has 2 heteroatoms. The molecule has 0 radical (unpaired) electrons. The van der Waals surface area contributed by atoms with E-state index in [1.807, 2.05) is 0 Å². The van der Waals surface area contributed by atoms with E-state index >= 15 is 0 Å². The lowest BCUT2D eigenvalue weighted by atomic mass is 10.1. The smallest absolute Gasteiger partial charge is 0.0209 e. The van der Waals surface area contributed by atoms with E-state index in [9.17, 15) is 0 Å². The number of benzene rings is 1. The Kier molecular flexibility index (Phi) is 5.04. The predicted octanol–water partition coefficient (Wildman–Crippen LogP) is 4.34. The highest BCUT2D eigenvalue weighted by Gasteiger charge is 1.99.